The summed E-state index contributed by atoms with van der Waals surface area (Å²) in [6, 6.07) is 1.30. The van der Waals surface area contributed by atoms with Crippen LogP contribution in [0.25, 0.3) is 5.00 Å². The van der Waals surface area contributed by atoms with Crippen LogP contribution in [0.1, 0.15) is 28.0 Å². The fourth-order valence-corrected chi connectivity index (χ4v) is 2.92. The van der Waals surface area contributed by atoms with Gasteiger partial charge in [0.15, 0.2) is 10.8 Å². The highest BCUT2D eigenvalue weighted by atomic mass is 79.9. The molecule has 2 aromatic rings. The van der Waals surface area contributed by atoms with Gasteiger partial charge in [0.05, 0.1) is 25.7 Å². The van der Waals surface area contributed by atoms with Gasteiger partial charge in [0.2, 0.25) is 0 Å². The van der Waals surface area contributed by atoms with Crippen molar-refractivity contribution in [3.63, 3.8) is 0 Å². The van der Waals surface area contributed by atoms with E-state index in [1.165, 1.54) is 17.7 Å². The number of ketones is 1. The third-order valence-electron chi connectivity index (χ3n) is 2.63. The molecule has 6 nitrogen and oxygen atoms in total. The maximum atomic E-state index is 11.4. The molecule has 2 rings (SSSR count). The van der Waals surface area contributed by atoms with Crippen LogP contribution >= 0.6 is 27.3 Å². The predicted octanol–water partition coefficient (Wildman–Crippen LogP) is 3.42. The molecule has 0 aliphatic rings. The van der Waals surface area contributed by atoms with Gasteiger partial charge >= 0.3 is 5.69 Å². The Bertz CT molecular complexity index is 690. The maximum Gasteiger partial charge on any atom is 0.306 e. The Morgan fingerprint density at radius 3 is 2.58 bits per heavy atom. The monoisotopic (exact) mass is 343 g/mol. The lowest BCUT2D eigenvalue weighted by Crippen LogP contribution is -2.00. The Morgan fingerprint density at radius 1 is 1.53 bits per heavy atom. The van der Waals surface area contributed by atoms with Gasteiger partial charge in [-0.2, -0.15) is 5.10 Å². The Kier molecular flexibility index (Phi) is 3.55. The lowest BCUT2D eigenvalue weighted by atomic mass is 10.3. The standard InChI is InChI=1S/C11H10BrN3O3S/c1-5-10(12)6(2)14(13-5)11-8(15(17)18)4-9(19-11)7(3)16/h4H,1-3H3. The lowest BCUT2D eigenvalue weighted by molar-refractivity contribution is -0.384. The molecule has 2 aromatic heterocycles. The van der Waals surface area contributed by atoms with Crippen LogP contribution in [0.4, 0.5) is 5.69 Å². The van der Waals surface area contributed by atoms with Crippen LogP contribution in [0.5, 0.6) is 0 Å². The lowest BCUT2D eigenvalue weighted by Gasteiger charge is -2.00. The highest BCUT2D eigenvalue weighted by Crippen LogP contribution is 2.35. The van der Waals surface area contributed by atoms with Gasteiger partial charge in [0.1, 0.15) is 0 Å². The van der Waals surface area contributed by atoms with E-state index in [0.717, 1.165) is 27.2 Å². The van der Waals surface area contributed by atoms with E-state index in [4.69, 9.17) is 0 Å². The van der Waals surface area contributed by atoms with Crippen molar-refractivity contribution in [2.75, 3.05) is 0 Å². The number of aromatic nitrogens is 2. The summed E-state index contributed by atoms with van der Waals surface area (Å²) in [6.07, 6.45) is 0. The van der Waals surface area contributed by atoms with Gasteiger partial charge in [-0.25, -0.2) is 4.68 Å². The minimum Gasteiger partial charge on any atom is -0.294 e. The van der Waals surface area contributed by atoms with Crippen molar-refractivity contribution >= 4 is 38.7 Å². The summed E-state index contributed by atoms with van der Waals surface area (Å²) in [6.45, 7) is 5.00. The largest absolute Gasteiger partial charge is 0.306 e. The fraction of sp³-hybridized carbons (Fsp3) is 0.273. The van der Waals surface area contributed by atoms with Crippen LogP contribution < -0.4 is 0 Å². The average molecular weight is 344 g/mol. The summed E-state index contributed by atoms with van der Waals surface area (Å²) in [4.78, 5) is 22.3. The van der Waals surface area contributed by atoms with Gasteiger partial charge in [0, 0.05) is 6.07 Å². The second-order valence-electron chi connectivity index (χ2n) is 4.01. The molecule has 19 heavy (non-hydrogen) atoms. The molecule has 0 spiro atoms. The van der Waals surface area contributed by atoms with E-state index >= 15 is 0 Å². The molecule has 0 atom stereocenters. The number of Topliss-reactive ketones (excluding diaryl/α,β-unsaturated/α-hetero) is 1. The van der Waals surface area contributed by atoms with E-state index in [0.29, 0.717) is 9.88 Å². The maximum absolute atomic E-state index is 11.4. The van der Waals surface area contributed by atoms with Crippen molar-refractivity contribution in [3.8, 4) is 5.00 Å². The van der Waals surface area contributed by atoms with Crippen LogP contribution in [-0.4, -0.2) is 20.5 Å². The van der Waals surface area contributed by atoms with E-state index in [1.807, 2.05) is 0 Å². The van der Waals surface area contributed by atoms with Crippen LogP contribution in [0.2, 0.25) is 0 Å². The molecular formula is C11H10BrN3O3S. The first-order chi connectivity index (χ1) is 8.82. The number of hydrogen-bond acceptors (Lipinski definition) is 5. The van der Waals surface area contributed by atoms with Crippen molar-refractivity contribution in [2.24, 2.45) is 0 Å². The smallest absolute Gasteiger partial charge is 0.294 e. The summed E-state index contributed by atoms with van der Waals surface area (Å²) in [5.41, 5.74) is 1.40. The number of halogens is 1. The van der Waals surface area contributed by atoms with E-state index in [-0.39, 0.29) is 11.5 Å². The summed E-state index contributed by atoms with van der Waals surface area (Å²) < 4.78 is 2.30. The molecule has 0 saturated heterocycles. The molecule has 8 heteroatoms. The number of thiophene rings is 1. The van der Waals surface area contributed by atoms with Gasteiger partial charge in [-0.1, -0.05) is 0 Å². The normalized spacial score (nSPS) is 10.7. The molecule has 0 aliphatic heterocycles. The first kappa shape index (κ1) is 13.9. The summed E-state index contributed by atoms with van der Waals surface area (Å²) in [7, 11) is 0. The molecule has 0 N–H and O–H groups in total. The molecule has 0 aliphatic carbocycles. The first-order valence-electron chi connectivity index (χ1n) is 5.34. The van der Waals surface area contributed by atoms with Crippen molar-refractivity contribution in [1.29, 1.82) is 0 Å². The van der Waals surface area contributed by atoms with Crippen LogP contribution in [0.15, 0.2) is 10.5 Å². The van der Waals surface area contributed by atoms with Crippen molar-refractivity contribution in [1.82, 2.24) is 9.78 Å². The number of rotatable bonds is 3. The van der Waals surface area contributed by atoms with E-state index in [1.54, 1.807) is 13.8 Å². The number of nitrogens with zero attached hydrogens (tertiary/aromatic N) is 3. The van der Waals surface area contributed by atoms with Gasteiger partial charge in [-0.05, 0) is 36.7 Å². The highest BCUT2D eigenvalue weighted by Gasteiger charge is 2.25. The number of carbonyl (C=O) groups is 1. The summed E-state index contributed by atoms with van der Waals surface area (Å²) in [5.74, 6) is -0.194. The molecule has 0 fully saturated rings. The van der Waals surface area contributed by atoms with Crippen molar-refractivity contribution < 1.29 is 9.72 Å². The fourth-order valence-electron chi connectivity index (χ4n) is 1.65. The van der Waals surface area contributed by atoms with Crippen molar-refractivity contribution in [3.05, 3.63) is 36.9 Å². The third-order valence-corrected chi connectivity index (χ3v) is 4.98. The first-order valence-corrected chi connectivity index (χ1v) is 6.95. The quantitative estimate of drug-likeness (QED) is 0.486. The van der Waals surface area contributed by atoms with Gasteiger partial charge in [-0.15, -0.1) is 11.3 Å². The SMILES string of the molecule is CC(=O)c1cc([N+](=O)[O-])c(-n2nc(C)c(Br)c2C)s1. The molecule has 0 bridgehead atoms. The Morgan fingerprint density at radius 2 is 2.16 bits per heavy atom. The summed E-state index contributed by atoms with van der Waals surface area (Å²) in [5, 5.41) is 15.7. The minimum absolute atomic E-state index is 0.103. The Balaban J connectivity index is 2.70. The summed E-state index contributed by atoms with van der Waals surface area (Å²) >= 11 is 4.45. The van der Waals surface area contributed by atoms with E-state index < -0.39 is 4.92 Å². The van der Waals surface area contributed by atoms with Crippen LogP contribution in [0, 0.1) is 24.0 Å². The third kappa shape index (κ3) is 2.33. The highest BCUT2D eigenvalue weighted by molar-refractivity contribution is 9.10. The second-order valence-corrected chi connectivity index (χ2v) is 5.83. The molecule has 0 radical (unpaired) electrons. The van der Waals surface area contributed by atoms with E-state index in [9.17, 15) is 14.9 Å². The zero-order valence-corrected chi connectivity index (χ0v) is 12.8. The molecule has 100 valence electrons. The number of aryl methyl sites for hydroxylation is 1. The topological polar surface area (TPSA) is 78.0 Å². The van der Waals surface area contributed by atoms with Crippen LogP contribution in [-0.2, 0) is 0 Å². The average Bonchev–Trinajstić information content (AvgIpc) is 2.87. The van der Waals surface area contributed by atoms with Crippen molar-refractivity contribution in [2.45, 2.75) is 20.8 Å². The van der Waals surface area contributed by atoms with Gasteiger partial charge in [0.25, 0.3) is 0 Å². The molecule has 0 unspecified atom stereocenters. The zero-order valence-electron chi connectivity index (χ0n) is 10.4. The second kappa shape index (κ2) is 4.86. The van der Waals surface area contributed by atoms with Gasteiger partial charge in [-0.3, -0.25) is 14.9 Å². The Hall–Kier alpha value is -1.54. The number of carbonyl (C=O) groups excluding carboxylic acids is 1. The number of nitro groups is 1. The van der Waals surface area contributed by atoms with Crippen LogP contribution in [0.3, 0.4) is 0 Å². The minimum atomic E-state index is -0.497. The number of hydrogen-bond donors (Lipinski definition) is 0. The van der Waals surface area contributed by atoms with E-state index in [2.05, 4.69) is 21.0 Å². The predicted molar refractivity (Wildman–Crippen MR) is 75.3 cm³/mol. The Labute approximate surface area is 121 Å². The molecular weight excluding hydrogens is 334 g/mol. The molecule has 0 saturated carbocycles. The zero-order chi connectivity index (χ0) is 14.3. The van der Waals surface area contributed by atoms with Gasteiger partial charge < -0.3 is 0 Å². The molecule has 2 heterocycles. The molecule has 0 aromatic carbocycles. The molecule has 0 amide bonds.